The van der Waals surface area contributed by atoms with Crippen molar-refractivity contribution in [2.45, 2.75) is 24.7 Å². The second-order valence-electron chi connectivity index (χ2n) is 19.0. The Bertz CT molecular complexity index is 2630. The van der Waals surface area contributed by atoms with Crippen LogP contribution in [0.5, 0.6) is 0 Å². The minimum atomic E-state index is -0.232. The Morgan fingerprint density at radius 1 is 0.280 bits per heavy atom. The van der Waals surface area contributed by atoms with Crippen molar-refractivity contribution in [3.63, 3.8) is 0 Å². The third-order valence-corrected chi connectivity index (χ3v) is 13.6. The average molecular weight is 995 g/mol. The van der Waals surface area contributed by atoms with Crippen LogP contribution in [0.3, 0.4) is 0 Å². The molecule has 0 saturated carbocycles. The van der Waals surface area contributed by atoms with Crippen LogP contribution in [-0.4, -0.2) is 93.5 Å². The first kappa shape index (κ1) is 54.9. The van der Waals surface area contributed by atoms with E-state index in [-0.39, 0.29) is 39.5 Å². The van der Waals surface area contributed by atoms with Crippen molar-refractivity contribution in [3.8, 4) is 0 Å². The van der Waals surface area contributed by atoms with Crippen molar-refractivity contribution in [1.29, 1.82) is 0 Å². The van der Waals surface area contributed by atoms with E-state index in [9.17, 15) is 0 Å². The highest BCUT2D eigenvalue weighted by Crippen LogP contribution is 2.25. The quantitative estimate of drug-likeness (QED) is 0.0498. The fourth-order valence-corrected chi connectivity index (χ4v) is 9.81. The summed E-state index contributed by atoms with van der Waals surface area (Å²) in [5.41, 5.74) is 37.2. The smallest absolute Gasteiger partial charge is 0.361 e. The molecule has 2 atom stereocenters. The number of nitrogens with two attached hydrogens (primary N) is 4. The summed E-state index contributed by atoms with van der Waals surface area (Å²) in [7, 11) is 0. The highest BCUT2D eigenvalue weighted by Gasteiger charge is 2.27. The lowest BCUT2D eigenvalue weighted by Gasteiger charge is -2.23. The van der Waals surface area contributed by atoms with Gasteiger partial charge in [0.25, 0.3) is 0 Å². The van der Waals surface area contributed by atoms with Crippen LogP contribution in [0.15, 0.2) is 218 Å². The van der Waals surface area contributed by atoms with Crippen molar-refractivity contribution >= 4 is 71.4 Å². The van der Waals surface area contributed by atoms with Gasteiger partial charge in [-0.3, -0.25) is 0 Å². The van der Waals surface area contributed by atoms with Crippen LogP contribution in [0.25, 0.3) is 0 Å². The van der Waals surface area contributed by atoms with Crippen LogP contribution in [0, 0.1) is 0 Å². The van der Waals surface area contributed by atoms with E-state index in [2.05, 4.69) is 146 Å². The molecule has 8 N–H and O–H groups in total. The summed E-state index contributed by atoms with van der Waals surface area (Å²) in [6.07, 6.45) is 1.54. The maximum atomic E-state index is 7.00. The lowest BCUT2D eigenvalue weighted by atomic mass is 9.55. The van der Waals surface area contributed by atoms with E-state index in [4.69, 9.17) is 46.3 Å². The number of rotatable bonds is 30. The molecule has 0 saturated heterocycles. The third-order valence-electron chi connectivity index (χ3n) is 13.6. The maximum Gasteiger partial charge on any atom is 0.361 e. The highest BCUT2D eigenvalue weighted by atomic mass is 16.5. The molecule has 380 valence electrons. The molecule has 0 aliphatic rings. The third kappa shape index (κ3) is 15.8. The van der Waals surface area contributed by atoms with Gasteiger partial charge in [0.2, 0.25) is 0 Å². The minimum absolute atomic E-state index is 0.0421. The van der Waals surface area contributed by atoms with Gasteiger partial charge in [-0.15, -0.1) is 0 Å². The van der Waals surface area contributed by atoms with E-state index in [1.54, 1.807) is 0 Å². The molecule has 8 aromatic rings. The van der Waals surface area contributed by atoms with Crippen molar-refractivity contribution < 1.29 is 23.4 Å². The standard InChI is InChI=1S/C62H70B4N4O5/c67-37-41-72-63(55-13-5-1-6-14-55)59-29-21-49(22-30-59)45-53(51-25-33-61(34-26-51)65(74-43-39-69)57-17-9-3-10-18-57)47-71-48-54(52-27-35-62(36-28-52)66(75-44-40-70)58-19-11-4-12-20-58)46-50-23-31-60(32-24-50)64(73-42-38-68)56-15-7-2-8-16-56/h1-36,53-54H,37-48,67-70H2. The predicted molar refractivity (Wildman–Crippen MR) is 315 cm³/mol. The average Bonchev–Trinajstić information content (AvgIpc) is 3.47. The molecule has 0 radical (unpaired) electrons. The lowest BCUT2D eigenvalue weighted by Crippen LogP contribution is -2.45. The van der Waals surface area contributed by atoms with Crippen molar-refractivity contribution in [2.75, 3.05) is 65.8 Å². The molecule has 0 fully saturated rings. The number of benzene rings is 8. The van der Waals surface area contributed by atoms with Gasteiger partial charge in [0.1, 0.15) is 0 Å². The van der Waals surface area contributed by atoms with Crippen LogP contribution in [0.4, 0.5) is 0 Å². The molecule has 0 aliphatic carbocycles. The van der Waals surface area contributed by atoms with Gasteiger partial charge in [-0.2, -0.15) is 0 Å². The molecule has 0 amide bonds. The van der Waals surface area contributed by atoms with Gasteiger partial charge >= 0.3 is 27.7 Å². The Morgan fingerprint density at radius 2 is 0.507 bits per heavy atom. The summed E-state index contributed by atoms with van der Waals surface area (Å²) >= 11 is 0. The molecule has 0 heterocycles. The number of hydrogen-bond acceptors (Lipinski definition) is 9. The van der Waals surface area contributed by atoms with E-state index in [0.29, 0.717) is 65.8 Å². The predicted octanol–water partition coefficient (Wildman–Crippen LogP) is 3.38. The molecule has 9 nitrogen and oxygen atoms in total. The van der Waals surface area contributed by atoms with Crippen LogP contribution in [-0.2, 0) is 36.2 Å². The molecule has 0 aliphatic heterocycles. The highest BCUT2D eigenvalue weighted by molar-refractivity contribution is 6.81. The molecule has 8 aromatic carbocycles. The summed E-state index contributed by atoms with van der Waals surface area (Å²) in [5, 5.41) is 0. The van der Waals surface area contributed by atoms with E-state index in [0.717, 1.165) is 56.5 Å². The van der Waals surface area contributed by atoms with Crippen molar-refractivity contribution in [2.24, 2.45) is 22.9 Å². The Labute approximate surface area is 446 Å². The molecule has 0 aromatic heterocycles. The van der Waals surface area contributed by atoms with Crippen LogP contribution in [0.2, 0.25) is 0 Å². The van der Waals surface area contributed by atoms with E-state index in [1.807, 2.05) is 72.8 Å². The van der Waals surface area contributed by atoms with E-state index < -0.39 is 0 Å². The monoisotopic (exact) mass is 995 g/mol. The summed E-state index contributed by atoms with van der Waals surface area (Å²) in [6, 6.07) is 76.6. The Balaban J connectivity index is 1.08. The van der Waals surface area contributed by atoms with Crippen LogP contribution in [0.1, 0.15) is 34.1 Å². The van der Waals surface area contributed by atoms with Gasteiger partial charge in [-0.05, 0) is 78.8 Å². The Hall–Kier alpha value is -6.34. The zero-order chi connectivity index (χ0) is 51.9. The first-order valence-corrected chi connectivity index (χ1v) is 26.5. The van der Waals surface area contributed by atoms with Gasteiger partial charge in [0, 0.05) is 64.4 Å². The maximum absolute atomic E-state index is 7.00. The zero-order valence-electron chi connectivity index (χ0n) is 43.1. The summed E-state index contributed by atoms with van der Waals surface area (Å²) < 4.78 is 32.3. The second kappa shape index (κ2) is 29.7. The molecule has 2 unspecified atom stereocenters. The SMILES string of the molecule is NCCOB(c1ccccc1)c1ccc(CC(COCC(Cc2ccc(B(OCCN)c3ccccc3)cc2)c2ccc(B(OCCN)c3ccccc3)cc2)c2ccc(B(OCCN)c3ccccc3)cc2)cc1. The molecule has 13 heteroatoms. The first-order valence-electron chi connectivity index (χ1n) is 26.5. The first-order chi connectivity index (χ1) is 37.0. The molecule has 0 spiro atoms. The summed E-state index contributed by atoms with van der Waals surface area (Å²) in [4.78, 5) is 0. The fraction of sp³-hybridized carbons (Fsp3) is 0.226. The largest absolute Gasteiger partial charge is 0.426 e. The van der Waals surface area contributed by atoms with Gasteiger partial charge in [0.15, 0.2) is 0 Å². The van der Waals surface area contributed by atoms with Gasteiger partial charge in [-0.25, -0.2) is 0 Å². The molecular weight excluding hydrogens is 924 g/mol. The van der Waals surface area contributed by atoms with Gasteiger partial charge < -0.3 is 46.3 Å². The van der Waals surface area contributed by atoms with Crippen molar-refractivity contribution in [3.05, 3.63) is 241 Å². The topological polar surface area (TPSA) is 150 Å². The normalized spacial score (nSPS) is 12.0. The minimum Gasteiger partial charge on any atom is -0.426 e. The van der Waals surface area contributed by atoms with Gasteiger partial charge in [-0.1, -0.05) is 218 Å². The second-order valence-corrected chi connectivity index (χ2v) is 19.0. The molecule has 8 rings (SSSR count). The summed E-state index contributed by atoms with van der Waals surface area (Å²) in [5.74, 6) is 0.0843. The number of hydrogen-bond donors (Lipinski definition) is 4. The van der Waals surface area contributed by atoms with Gasteiger partial charge in [0.05, 0.1) is 13.2 Å². The fourth-order valence-electron chi connectivity index (χ4n) is 9.81. The lowest BCUT2D eigenvalue weighted by molar-refractivity contribution is 0.106. The molecule has 75 heavy (non-hydrogen) atoms. The van der Waals surface area contributed by atoms with Crippen LogP contribution < -0.4 is 66.6 Å². The zero-order valence-corrected chi connectivity index (χ0v) is 43.1. The Morgan fingerprint density at radius 3 is 0.747 bits per heavy atom. The van der Waals surface area contributed by atoms with Crippen molar-refractivity contribution in [1.82, 2.24) is 0 Å². The molecular formula is C62H70B4N4O5. The molecule has 0 bridgehead atoms. The van der Waals surface area contributed by atoms with Crippen LogP contribution >= 0.6 is 0 Å². The van der Waals surface area contributed by atoms with E-state index >= 15 is 0 Å². The Kier molecular flexibility index (Phi) is 21.7. The summed E-state index contributed by atoms with van der Waals surface area (Å²) in [6.45, 7) is 3.74. The van der Waals surface area contributed by atoms with E-state index in [1.165, 1.54) is 22.3 Å². The number of ether oxygens (including phenoxy) is 1.